The van der Waals surface area contributed by atoms with Crippen molar-refractivity contribution >= 4 is 28.6 Å². The van der Waals surface area contributed by atoms with Gasteiger partial charge in [-0.2, -0.15) is 4.99 Å². The van der Waals surface area contributed by atoms with E-state index in [0.717, 1.165) is 19.3 Å². The van der Waals surface area contributed by atoms with Crippen LogP contribution in [0.3, 0.4) is 0 Å². The van der Waals surface area contributed by atoms with E-state index < -0.39 is 5.97 Å². The average molecular weight is 453 g/mol. The van der Waals surface area contributed by atoms with E-state index in [-0.39, 0.29) is 47.0 Å². The van der Waals surface area contributed by atoms with Crippen LogP contribution in [0.25, 0.3) is 16.7 Å². The molecule has 33 heavy (non-hydrogen) atoms. The molecule has 1 amide bonds. The lowest BCUT2D eigenvalue weighted by Gasteiger charge is -2.18. The van der Waals surface area contributed by atoms with Gasteiger partial charge in [0.2, 0.25) is 5.91 Å². The zero-order chi connectivity index (χ0) is 23.4. The summed E-state index contributed by atoms with van der Waals surface area (Å²) in [5.74, 6) is -0.972. The monoisotopic (exact) mass is 452 g/mol. The molecule has 0 aliphatic carbocycles. The van der Waals surface area contributed by atoms with Crippen LogP contribution in [0.15, 0.2) is 40.2 Å². The minimum Gasteiger partial charge on any atom is -0.462 e. The second-order valence-corrected chi connectivity index (χ2v) is 8.04. The van der Waals surface area contributed by atoms with E-state index in [1.54, 1.807) is 35.9 Å². The highest BCUT2D eigenvalue weighted by Gasteiger charge is 2.23. The van der Waals surface area contributed by atoms with Crippen LogP contribution in [0, 0.1) is 0 Å². The molecule has 0 aromatic carbocycles. The van der Waals surface area contributed by atoms with Gasteiger partial charge in [0.15, 0.2) is 5.49 Å². The lowest BCUT2D eigenvalue weighted by atomic mass is 10.1. The van der Waals surface area contributed by atoms with Crippen LogP contribution in [0.1, 0.15) is 56.3 Å². The molecule has 1 atom stereocenters. The number of rotatable bonds is 7. The Kier molecular flexibility index (Phi) is 6.98. The topological polar surface area (TPSA) is 104 Å². The summed E-state index contributed by atoms with van der Waals surface area (Å²) >= 11 is 0. The van der Waals surface area contributed by atoms with Crippen molar-refractivity contribution in [1.82, 2.24) is 14.0 Å². The van der Waals surface area contributed by atoms with E-state index in [4.69, 9.17) is 14.5 Å². The molecule has 1 saturated heterocycles. The maximum absolute atomic E-state index is 13.3. The standard InChI is InChI=1S/C24H28N4O5/c1-3-5-11-20(29)26-22-18(24(31)32-4-2)14-17-21(28(22)15-16-9-8-13-33-16)25-19-10-6-7-12-27(19)23(17)30/h6-7,10,12,14,16H,3-5,8-9,11,13,15H2,1-2H3. The summed E-state index contributed by atoms with van der Waals surface area (Å²) in [6.45, 7) is 4.81. The van der Waals surface area contributed by atoms with E-state index >= 15 is 0 Å². The first kappa shape index (κ1) is 22.8. The Morgan fingerprint density at radius 1 is 1.30 bits per heavy atom. The van der Waals surface area contributed by atoms with Crippen molar-refractivity contribution < 1.29 is 19.1 Å². The molecule has 0 bridgehead atoms. The Balaban J connectivity index is 2.06. The van der Waals surface area contributed by atoms with Crippen LogP contribution in [0.5, 0.6) is 0 Å². The first-order valence-corrected chi connectivity index (χ1v) is 11.4. The molecule has 0 saturated carbocycles. The number of esters is 1. The molecule has 1 unspecified atom stereocenters. The van der Waals surface area contributed by atoms with Crippen LogP contribution in [0.2, 0.25) is 0 Å². The predicted octanol–water partition coefficient (Wildman–Crippen LogP) is 2.62. The summed E-state index contributed by atoms with van der Waals surface area (Å²) in [4.78, 5) is 47.9. The normalized spacial score (nSPS) is 16.5. The maximum Gasteiger partial charge on any atom is 0.341 e. The molecule has 174 valence electrons. The molecule has 0 radical (unpaired) electrons. The first-order chi connectivity index (χ1) is 16.0. The van der Waals surface area contributed by atoms with Gasteiger partial charge < -0.3 is 14.0 Å². The number of fused-ring (bicyclic) bond motifs is 2. The Labute approximate surface area is 190 Å². The number of pyridine rings is 2. The molecule has 9 nitrogen and oxygen atoms in total. The van der Waals surface area contributed by atoms with Gasteiger partial charge in [0.05, 0.1) is 24.6 Å². The number of aromatic nitrogens is 3. The molecule has 1 fully saturated rings. The third kappa shape index (κ3) is 4.73. The summed E-state index contributed by atoms with van der Waals surface area (Å²) < 4.78 is 14.2. The van der Waals surface area contributed by atoms with Crippen LogP contribution < -0.4 is 11.0 Å². The molecule has 9 heteroatoms. The fourth-order valence-corrected chi connectivity index (χ4v) is 4.02. The molecule has 0 spiro atoms. The van der Waals surface area contributed by atoms with E-state index in [0.29, 0.717) is 30.9 Å². The van der Waals surface area contributed by atoms with Crippen molar-refractivity contribution in [3.63, 3.8) is 0 Å². The summed E-state index contributed by atoms with van der Waals surface area (Å²) in [7, 11) is 0. The van der Waals surface area contributed by atoms with Gasteiger partial charge in [-0.25, -0.2) is 9.78 Å². The van der Waals surface area contributed by atoms with Crippen molar-refractivity contribution in [3.8, 4) is 0 Å². The number of unbranched alkanes of at least 4 members (excludes halogenated alkanes) is 1. The Bertz CT molecular complexity index is 1320. The van der Waals surface area contributed by atoms with Crippen molar-refractivity contribution in [3.05, 3.63) is 51.9 Å². The molecule has 1 aliphatic heterocycles. The van der Waals surface area contributed by atoms with Gasteiger partial charge in [-0.05, 0) is 44.4 Å². The van der Waals surface area contributed by atoms with Crippen LogP contribution >= 0.6 is 0 Å². The number of nitrogens with zero attached hydrogens (tertiary/aromatic N) is 4. The second-order valence-electron chi connectivity index (χ2n) is 8.04. The fourth-order valence-electron chi connectivity index (χ4n) is 4.02. The van der Waals surface area contributed by atoms with Gasteiger partial charge in [-0.1, -0.05) is 19.4 Å². The number of hydrogen-bond donors (Lipinski definition) is 0. The van der Waals surface area contributed by atoms with E-state index in [2.05, 4.69) is 4.99 Å². The van der Waals surface area contributed by atoms with Gasteiger partial charge in [0.25, 0.3) is 5.56 Å². The van der Waals surface area contributed by atoms with E-state index in [1.165, 1.54) is 10.5 Å². The summed E-state index contributed by atoms with van der Waals surface area (Å²) in [5.41, 5.74) is 0.734. The zero-order valence-corrected chi connectivity index (χ0v) is 19.0. The summed E-state index contributed by atoms with van der Waals surface area (Å²) in [5, 5.41) is 0.250. The molecule has 1 aliphatic rings. The lowest BCUT2D eigenvalue weighted by Crippen LogP contribution is -2.35. The smallest absolute Gasteiger partial charge is 0.341 e. The quantitative estimate of drug-likeness (QED) is 0.403. The molecule has 4 rings (SSSR count). The van der Waals surface area contributed by atoms with Crippen molar-refractivity contribution in [2.75, 3.05) is 13.2 Å². The molecule has 4 heterocycles. The molecule has 3 aromatic rings. The predicted molar refractivity (Wildman–Crippen MR) is 122 cm³/mol. The number of carbonyl (C=O) groups excluding carboxylic acids is 2. The highest BCUT2D eigenvalue weighted by atomic mass is 16.5. The van der Waals surface area contributed by atoms with Gasteiger partial charge >= 0.3 is 5.97 Å². The second kappa shape index (κ2) is 10.1. The van der Waals surface area contributed by atoms with E-state index in [9.17, 15) is 14.4 Å². The Hall–Kier alpha value is -3.33. The van der Waals surface area contributed by atoms with Gasteiger partial charge in [-0.3, -0.25) is 14.0 Å². The highest BCUT2D eigenvalue weighted by molar-refractivity contribution is 5.93. The minimum atomic E-state index is -0.639. The first-order valence-electron chi connectivity index (χ1n) is 11.4. The minimum absolute atomic E-state index is 0.0713. The summed E-state index contributed by atoms with van der Waals surface area (Å²) in [6.07, 6.45) is 5.06. The molecule has 0 N–H and O–H groups in total. The fraction of sp³-hybridized carbons (Fsp3) is 0.458. The van der Waals surface area contributed by atoms with Crippen LogP contribution in [0.4, 0.5) is 0 Å². The number of ether oxygens (including phenoxy) is 2. The third-order valence-corrected chi connectivity index (χ3v) is 5.67. The summed E-state index contributed by atoms with van der Waals surface area (Å²) in [6, 6.07) is 6.72. The third-order valence-electron chi connectivity index (χ3n) is 5.67. The zero-order valence-electron chi connectivity index (χ0n) is 19.0. The average Bonchev–Trinajstić information content (AvgIpc) is 3.33. The maximum atomic E-state index is 13.3. The van der Waals surface area contributed by atoms with Crippen LogP contribution in [-0.2, 0) is 20.8 Å². The van der Waals surface area contributed by atoms with Crippen LogP contribution in [-0.4, -0.2) is 45.1 Å². The van der Waals surface area contributed by atoms with Gasteiger partial charge in [0.1, 0.15) is 16.9 Å². The number of carbonyl (C=O) groups is 2. The molecular formula is C24H28N4O5. The van der Waals surface area contributed by atoms with Gasteiger partial charge in [-0.15, -0.1) is 0 Å². The van der Waals surface area contributed by atoms with Crippen molar-refractivity contribution in [2.45, 2.75) is 58.6 Å². The largest absolute Gasteiger partial charge is 0.462 e. The SMILES string of the molecule is CCCCC(=O)N=c1c(C(=O)OCC)cc2c(=O)n3ccccc3nc2n1CC1CCCO1. The molecular weight excluding hydrogens is 424 g/mol. The Morgan fingerprint density at radius 3 is 2.88 bits per heavy atom. The van der Waals surface area contributed by atoms with Gasteiger partial charge in [0, 0.05) is 19.2 Å². The highest BCUT2D eigenvalue weighted by Crippen LogP contribution is 2.17. The van der Waals surface area contributed by atoms with Crippen molar-refractivity contribution in [2.24, 2.45) is 4.99 Å². The number of hydrogen-bond acceptors (Lipinski definition) is 6. The number of amides is 1. The van der Waals surface area contributed by atoms with Crippen molar-refractivity contribution in [1.29, 1.82) is 0 Å². The Morgan fingerprint density at radius 2 is 2.15 bits per heavy atom. The lowest BCUT2D eigenvalue weighted by molar-refractivity contribution is -0.118. The molecule has 3 aromatic heterocycles. The van der Waals surface area contributed by atoms with E-state index in [1.807, 2.05) is 6.92 Å².